The van der Waals surface area contributed by atoms with Gasteiger partial charge in [0.1, 0.15) is 12.4 Å². The summed E-state index contributed by atoms with van der Waals surface area (Å²) in [5.74, 6) is 1.67. The second-order valence-corrected chi connectivity index (χ2v) is 7.02. The van der Waals surface area contributed by atoms with Gasteiger partial charge in [0.25, 0.3) is 0 Å². The fourth-order valence-corrected chi connectivity index (χ4v) is 2.99. The predicted molar refractivity (Wildman–Crippen MR) is 121 cm³/mol. The molecule has 0 aliphatic rings. The Labute approximate surface area is 186 Å². The summed E-state index contributed by atoms with van der Waals surface area (Å²) in [5, 5.41) is 4.67. The molecule has 0 heterocycles. The molecule has 160 valence electrons. The van der Waals surface area contributed by atoms with E-state index in [1.807, 2.05) is 54.6 Å². The summed E-state index contributed by atoms with van der Waals surface area (Å²) >= 11 is 6.17. The van der Waals surface area contributed by atoms with Crippen molar-refractivity contribution in [2.45, 2.75) is 13.0 Å². The van der Waals surface area contributed by atoms with Crippen LogP contribution < -0.4 is 19.6 Å². The van der Waals surface area contributed by atoms with Crippen LogP contribution >= 0.6 is 11.6 Å². The van der Waals surface area contributed by atoms with E-state index in [2.05, 4.69) is 10.5 Å². The number of amides is 1. The van der Waals surface area contributed by atoms with E-state index in [0.29, 0.717) is 23.1 Å². The molecule has 1 amide bonds. The van der Waals surface area contributed by atoms with Crippen LogP contribution in [0.2, 0.25) is 5.02 Å². The molecular weight excluding hydrogens is 416 g/mol. The van der Waals surface area contributed by atoms with Crippen molar-refractivity contribution in [2.24, 2.45) is 5.10 Å². The second kappa shape index (κ2) is 11.0. The van der Waals surface area contributed by atoms with Crippen LogP contribution in [0, 0.1) is 0 Å². The summed E-state index contributed by atoms with van der Waals surface area (Å²) in [7, 11) is 3.16. The van der Waals surface area contributed by atoms with E-state index in [1.54, 1.807) is 32.6 Å². The molecule has 0 aromatic heterocycles. The smallest absolute Gasteiger partial charge is 0.244 e. The number of nitrogens with zero attached hydrogens (tertiary/aromatic N) is 1. The molecule has 7 heteroatoms. The molecule has 0 bridgehead atoms. The zero-order valence-corrected chi connectivity index (χ0v) is 18.1. The number of rotatable bonds is 9. The Morgan fingerprint density at radius 3 is 2.48 bits per heavy atom. The maximum absolute atomic E-state index is 12.1. The van der Waals surface area contributed by atoms with Gasteiger partial charge in [-0.3, -0.25) is 4.79 Å². The summed E-state index contributed by atoms with van der Waals surface area (Å²) in [5.41, 5.74) is 5.04. The Hall–Kier alpha value is -3.51. The molecule has 1 N–H and O–H groups in total. The van der Waals surface area contributed by atoms with Gasteiger partial charge in [0.15, 0.2) is 11.5 Å². The Bertz CT molecular complexity index is 1050. The van der Waals surface area contributed by atoms with Crippen LogP contribution in [0.15, 0.2) is 71.8 Å². The van der Waals surface area contributed by atoms with Crippen molar-refractivity contribution in [3.8, 4) is 17.2 Å². The lowest BCUT2D eigenvalue weighted by Crippen LogP contribution is -2.19. The molecule has 0 saturated carbocycles. The van der Waals surface area contributed by atoms with Crippen molar-refractivity contribution in [2.75, 3.05) is 14.2 Å². The minimum absolute atomic E-state index is 0.215. The van der Waals surface area contributed by atoms with Crippen LogP contribution in [0.1, 0.15) is 16.7 Å². The van der Waals surface area contributed by atoms with Gasteiger partial charge < -0.3 is 14.2 Å². The molecule has 3 aromatic rings. The zero-order chi connectivity index (χ0) is 22.1. The fraction of sp³-hybridized carbons (Fsp3) is 0.167. The minimum Gasteiger partial charge on any atom is -0.497 e. The van der Waals surface area contributed by atoms with Gasteiger partial charge in [-0.15, -0.1) is 0 Å². The van der Waals surface area contributed by atoms with Crippen molar-refractivity contribution >= 4 is 23.7 Å². The van der Waals surface area contributed by atoms with E-state index in [9.17, 15) is 4.79 Å². The van der Waals surface area contributed by atoms with Gasteiger partial charge in [0, 0.05) is 10.6 Å². The van der Waals surface area contributed by atoms with Gasteiger partial charge in [-0.1, -0.05) is 41.9 Å². The molecule has 0 radical (unpaired) electrons. The molecule has 0 saturated heterocycles. The number of nitrogens with one attached hydrogen (secondary N) is 1. The average Bonchev–Trinajstić information content (AvgIpc) is 2.79. The lowest BCUT2D eigenvalue weighted by molar-refractivity contribution is -0.120. The highest BCUT2D eigenvalue weighted by molar-refractivity contribution is 6.31. The lowest BCUT2D eigenvalue weighted by atomic mass is 10.1. The van der Waals surface area contributed by atoms with E-state index < -0.39 is 0 Å². The van der Waals surface area contributed by atoms with Crippen molar-refractivity contribution in [3.05, 3.63) is 88.4 Å². The molecular formula is C24H23ClN2O4. The van der Waals surface area contributed by atoms with Crippen molar-refractivity contribution in [1.82, 2.24) is 5.43 Å². The molecule has 0 aliphatic carbocycles. The van der Waals surface area contributed by atoms with Crippen LogP contribution in [-0.4, -0.2) is 26.3 Å². The SMILES string of the molecule is COc1ccc(CC(=O)N/N=C\c2ccc(OCc3ccccc3Cl)c(OC)c2)cc1. The largest absolute Gasteiger partial charge is 0.497 e. The number of hydrogen-bond acceptors (Lipinski definition) is 5. The topological polar surface area (TPSA) is 69.2 Å². The highest BCUT2D eigenvalue weighted by Gasteiger charge is 2.07. The van der Waals surface area contributed by atoms with E-state index in [1.165, 1.54) is 0 Å². The third-order valence-corrected chi connectivity index (χ3v) is 4.82. The van der Waals surface area contributed by atoms with Gasteiger partial charge >= 0.3 is 0 Å². The summed E-state index contributed by atoms with van der Waals surface area (Å²) in [4.78, 5) is 12.1. The Morgan fingerprint density at radius 2 is 1.77 bits per heavy atom. The zero-order valence-electron chi connectivity index (χ0n) is 17.3. The van der Waals surface area contributed by atoms with E-state index >= 15 is 0 Å². The summed E-state index contributed by atoms with van der Waals surface area (Å²) in [6.45, 7) is 0.324. The highest BCUT2D eigenvalue weighted by atomic mass is 35.5. The molecule has 3 aromatic carbocycles. The van der Waals surface area contributed by atoms with E-state index in [4.69, 9.17) is 25.8 Å². The number of carbonyl (C=O) groups excluding carboxylic acids is 1. The summed E-state index contributed by atoms with van der Waals surface area (Å²) in [6, 6.07) is 20.2. The normalized spacial score (nSPS) is 10.7. The lowest BCUT2D eigenvalue weighted by Gasteiger charge is -2.12. The first-order chi connectivity index (χ1) is 15.1. The standard InChI is InChI=1S/C24H23ClN2O4/c1-29-20-10-7-17(8-11-20)14-24(28)27-26-15-18-9-12-22(23(13-18)30-2)31-16-19-5-3-4-6-21(19)25/h3-13,15H,14,16H2,1-2H3,(H,27,28)/b26-15-. The molecule has 0 aliphatic heterocycles. The molecule has 0 spiro atoms. The van der Waals surface area contributed by atoms with Crippen LogP contribution in [0.5, 0.6) is 17.2 Å². The molecule has 6 nitrogen and oxygen atoms in total. The first-order valence-electron chi connectivity index (χ1n) is 9.58. The van der Waals surface area contributed by atoms with Gasteiger partial charge in [0.05, 0.1) is 26.9 Å². The second-order valence-electron chi connectivity index (χ2n) is 6.61. The maximum Gasteiger partial charge on any atom is 0.244 e. The number of benzene rings is 3. The van der Waals surface area contributed by atoms with Gasteiger partial charge in [-0.05, 0) is 47.5 Å². The van der Waals surface area contributed by atoms with E-state index in [-0.39, 0.29) is 12.3 Å². The van der Waals surface area contributed by atoms with Crippen molar-refractivity contribution in [3.63, 3.8) is 0 Å². The Morgan fingerprint density at radius 1 is 1.00 bits per heavy atom. The minimum atomic E-state index is -0.215. The molecule has 0 atom stereocenters. The molecule has 0 fully saturated rings. The average molecular weight is 439 g/mol. The van der Waals surface area contributed by atoms with Crippen LogP contribution in [0.4, 0.5) is 0 Å². The predicted octanol–water partition coefficient (Wildman–Crippen LogP) is 4.63. The fourth-order valence-electron chi connectivity index (χ4n) is 2.80. The van der Waals surface area contributed by atoms with Crippen LogP contribution in [-0.2, 0) is 17.8 Å². The van der Waals surface area contributed by atoms with Crippen LogP contribution in [0.3, 0.4) is 0 Å². The number of hydrazone groups is 1. The quantitative estimate of drug-likeness (QED) is 0.390. The van der Waals surface area contributed by atoms with Gasteiger partial charge in [0.2, 0.25) is 5.91 Å². The number of halogens is 1. The highest BCUT2D eigenvalue weighted by Crippen LogP contribution is 2.29. The third kappa shape index (κ3) is 6.49. The van der Waals surface area contributed by atoms with E-state index in [0.717, 1.165) is 22.4 Å². The monoisotopic (exact) mass is 438 g/mol. The van der Waals surface area contributed by atoms with Crippen molar-refractivity contribution < 1.29 is 19.0 Å². The third-order valence-electron chi connectivity index (χ3n) is 4.46. The number of hydrogen-bond donors (Lipinski definition) is 1. The number of methoxy groups -OCH3 is 2. The van der Waals surface area contributed by atoms with Crippen LogP contribution in [0.25, 0.3) is 0 Å². The van der Waals surface area contributed by atoms with Gasteiger partial charge in [-0.2, -0.15) is 5.10 Å². The number of carbonyl (C=O) groups is 1. The Kier molecular flexibility index (Phi) is 7.90. The summed E-state index contributed by atoms with van der Waals surface area (Å²) in [6.07, 6.45) is 1.77. The summed E-state index contributed by atoms with van der Waals surface area (Å²) < 4.78 is 16.4. The maximum atomic E-state index is 12.1. The molecule has 3 rings (SSSR count). The molecule has 31 heavy (non-hydrogen) atoms. The van der Waals surface area contributed by atoms with Crippen molar-refractivity contribution in [1.29, 1.82) is 0 Å². The Balaban J connectivity index is 1.56. The first kappa shape index (κ1) is 22.2. The van der Waals surface area contributed by atoms with Gasteiger partial charge in [-0.25, -0.2) is 5.43 Å². The molecule has 0 unspecified atom stereocenters. The first-order valence-corrected chi connectivity index (χ1v) is 9.96. The number of ether oxygens (including phenoxy) is 3.